The maximum Gasteiger partial charge on any atom is 0.258 e. The lowest BCUT2D eigenvalue weighted by molar-refractivity contribution is 0.0995. The highest BCUT2D eigenvalue weighted by Gasteiger charge is 2.15. The van der Waals surface area contributed by atoms with Gasteiger partial charge in [-0.1, -0.05) is 11.6 Å². The molecule has 2 amide bonds. The Kier molecular flexibility index (Phi) is 4.18. The van der Waals surface area contributed by atoms with E-state index in [0.29, 0.717) is 0 Å². The second-order valence-electron chi connectivity index (χ2n) is 4.14. The molecular weight excluding hydrogens is 302 g/mol. The Labute approximate surface area is 123 Å². The first-order chi connectivity index (χ1) is 9.88. The molecule has 2 rings (SSSR count). The summed E-state index contributed by atoms with van der Waals surface area (Å²) >= 11 is 5.87. The molecular formula is C14H9ClF2N2O2. The number of primary amides is 1. The van der Waals surface area contributed by atoms with Crippen molar-refractivity contribution in [1.29, 1.82) is 0 Å². The SMILES string of the molecule is NC(=O)c1ccc(Cl)c(NC(=O)c2cc(F)ccc2F)c1. The van der Waals surface area contributed by atoms with Gasteiger partial charge < -0.3 is 11.1 Å². The van der Waals surface area contributed by atoms with E-state index < -0.39 is 29.0 Å². The first kappa shape index (κ1) is 14.9. The molecule has 0 fully saturated rings. The Morgan fingerprint density at radius 2 is 1.81 bits per heavy atom. The number of nitrogens with two attached hydrogens (primary N) is 1. The van der Waals surface area contributed by atoms with Crippen molar-refractivity contribution < 1.29 is 18.4 Å². The molecule has 0 bridgehead atoms. The van der Waals surface area contributed by atoms with E-state index in [9.17, 15) is 18.4 Å². The maximum absolute atomic E-state index is 13.5. The van der Waals surface area contributed by atoms with Crippen molar-refractivity contribution in [2.45, 2.75) is 0 Å². The Morgan fingerprint density at radius 1 is 1.10 bits per heavy atom. The summed E-state index contributed by atoms with van der Waals surface area (Å²) in [5, 5.41) is 2.43. The van der Waals surface area contributed by atoms with Gasteiger partial charge in [-0.15, -0.1) is 0 Å². The van der Waals surface area contributed by atoms with Crippen molar-refractivity contribution >= 4 is 29.1 Å². The number of amides is 2. The van der Waals surface area contributed by atoms with Crippen LogP contribution in [-0.4, -0.2) is 11.8 Å². The van der Waals surface area contributed by atoms with Gasteiger partial charge in [-0.3, -0.25) is 9.59 Å². The second-order valence-corrected chi connectivity index (χ2v) is 4.54. The van der Waals surface area contributed by atoms with Gasteiger partial charge in [0.25, 0.3) is 5.91 Å². The Bertz CT molecular complexity index is 735. The van der Waals surface area contributed by atoms with Crippen LogP contribution in [0.3, 0.4) is 0 Å². The highest BCUT2D eigenvalue weighted by atomic mass is 35.5. The first-order valence-corrected chi connectivity index (χ1v) is 6.12. The molecule has 0 atom stereocenters. The standard InChI is InChI=1S/C14H9ClF2N2O2/c15-10-3-1-7(13(18)20)5-12(10)19-14(21)9-6-8(16)2-4-11(9)17/h1-6H,(H2,18,20)(H,19,21). The molecule has 0 heterocycles. The van der Waals surface area contributed by atoms with E-state index in [1.165, 1.54) is 18.2 Å². The summed E-state index contributed by atoms with van der Waals surface area (Å²) in [5.74, 6) is -3.23. The molecule has 108 valence electrons. The summed E-state index contributed by atoms with van der Waals surface area (Å²) in [6, 6.07) is 6.48. The minimum absolute atomic E-state index is 0.0710. The average molecular weight is 311 g/mol. The number of rotatable bonds is 3. The number of halogens is 3. The molecule has 0 aliphatic carbocycles. The van der Waals surface area contributed by atoms with E-state index in [2.05, 4.69) is 5.32 Å². The molecule has 0 aliphatic heterocycles. The van der Waals surface area contributed by atoms with Crippen LogP contribution in [-0.2, 0) is 0 Å². The van der Waals surface area contributed by atoms with Gasteiger partial charge >= 0.3 is 0 Å². The second kappa shape index (κ2) is 5.88. The number of carbonyl (C=O) groups is 2. The summed E-state index contributed by atoms with van der Waals surface area (Å²) < 4.78 is 26.6. The Hall–Kier alpha value is -2.47. The predicted octanol–water partition coefficient (Wildman–Crippen LogP) is 2.97. The monoisotopic (exact) mass is 310 g/mol. The molecule has 0 radical (unpaired) electrons. The molecule has 3 N–H and O–H groups in total. The van der Waals surface area contributed by atoms with Gasteiger partial charge in [0, 0.05) is 5.56 Å². The lowest BCUT2D eigenvalue weighted by atomic mass is 10.1. The third-order valence-corrected chi connectivity index (χ3v) is 3.00. The van der Waals surface area contributed by atoms with Crippen molar-refractivity contribution in [3.05, 3.63) is 64.2 Å². The smallest absolute Gasteiger partial charge is 0.258 e. The van der Waals surface area contributed by atoms with Crippen LogP contribution >= 0.6 is 11.6 Å². The number of benzene rings is 2. The molecule has 0 spiro atoms. The number of anilines is 1. The maximum atomic E-state index is 13.5. The third-order valence-electron chi connectivity index (χ3n) is 2.67. The van der Waals surface area contributed by atoms with Crippen molar-refractivity contribution in [3.8, 4) is 0 Å². The lowest BCUT2D eigenvalue weighted by Gasteiger charge is -2.09. The average Bonchev–Trinajstić information content (AvgIpc) is 2.43. The summed E-state index contributed by atoms with van der Waals surface area (Å²) in [4.78, 5) is 23.0. The molecule has 7 heteroatoms. The minimum atomic E-state index is -0.893. The van der Waals surface area contributed by atoms with E-state index in [1.807, 2.05) is 0 Å². The van der Waals surface area contributed by atoms with Crippen LogP contribution in [0.5, 0.6) is 0 Å². The van der Waals surface area contributed by atoms with Gasteiger partial charge in [-0.2, -0.15) is 0 Å². The molecule has 4 nitrogen and oxygen atoms in total. The normalized spacial score (nSPS) is 10.2. The molecule has 0 saturated carbocycles. The fraction of sp³-hybridized carbons (Fsp3) is 0. The predicted molar refractivity (Wildman–Crippen MR) is 74.3 cm³/mol. The minimum Gasteiger partial charge on any atom is -0.366 e. The van der Waals surface area contributed by atoms with Crippen LogP contribution in [0.1, 0.15) is 20.7 Å². The van der Waals surface area contributed by atoms with Crippen LogP contribution in [0.25, 0.3) is 0 Å². The van der Waals surface area contributed by atoms with E-state index in [4.69, 9.17) is 17.3 Å². The van der Waals surface area contributed by atoms with Gasteiger partial charge in [0.15, 0.2) is 0 Å². The summed E-state index contributed by atoms with van der Waals surface area (Å²) in [6.07, 6.45) is 0. The zero-order valence-corrected chi connectivity index (χ0v) is 11.2. The lowest BCUT2D eigenvalue weighted by Crippen LogP contribution is -2.16. The number of nitrogens with one attached hydrogen (secondary N) is 1. The van der Waals surface area contributed by atoms with E-state index in [0.717, 1.165) is 18.2 Å². The van der Waals surface area contributed by atoms with Crippen LogP contribution in [0.2, 0.25) is 5.02 Å². The van der Waals surface area contributed by atoms with E-state index in [1.54, 1.807) is 0 Å². The van der Waals surface area contributed by atoms with Crippen LogP contribution in [0.4, 0.5) is 14.5 Å². The quantitative estimate of drug-likeness (QED) is 0.914. The summed E-state index contributed by atoms with van der Waals surface area (Å²) in [6.45, 7) is 0. The fourth-order valence-electron chi connectivity index (χ4n) is 1.64. The third kappa shape index (κ3) is 3.35. The molecule has 0 unspecified atom stereocenters. The Morgan fingerprint density at radius 3 is 2.48 bits per heavy atom. The topological polar surface area (TPSA) is 72.2 Å². The number of hydrogen-bond donors (Lipinski definition) is 2. The van der Waals surface area contributed by atoms with Crippen LogP contribution < -0.4 is 11.1 Å². The van der Waals surface area contributed by atoms with Crippen molar-refractivity contribution in [3.63, 3.8) is 0 Å². The first-order valence-electron chi connectivity index (χ1n) is 5.74. The fourth-order valence-corrected chi connectivity index (χ4v) is 1.80. The molecule has 0 saturated heterocycles. The largest absolute Gasteiger partial charge is 0.366 e. The summed E-state index contributed by atoms with van der Waals surface area (Å²) in [7, 11) is 0. The van der Waals surface area contributed by atoms with Gasteiger partial charge in [-0.05, 0) is 36.4 Å². The number of carbonyl (C=O) groups excluding carboxylic acids is 2. The zero-order chi connectivity index (χ0) is 15.6. The molecule has 0 aromatic heterocycles. The number of hydrogen-bond acceptors (Lipinski definition) is 2. The van der Waals surface area contributed by atoms with Crippen LogP contribution in [0.15, 0.2) is 36.4 Å². The highest BCUT2D eigenvalue weighted by molar-refractivity contribution is 6.34. The molecule has 21 heavy (non-hydrogen) atoms. The molecule has 0 aliphatic rings. The van der Waals surface area contributed by atoms with E-state index >= 15 is 0 Å². The Balaban J connectivity index is 2.33. The van der Waals surface area contributed by atoms with E-state index in [-0.39, 0.29) is 16.3 Å². The van der Waals surface area contributed by atoms with Gasteiger partial charge in [0.2, 0.25) is 5.91 Å². The van der Waals surface area contributed by atoms with Crippen LogP contribution in [0, 0.1) is 11.6 Å². The molecule has 2 aromatic rings. The molecule has 2 aromatic carbocycles. The zero-order valence-electron chi connectivity index (χ0n) is 10.5. The summed E-state index contributed by atoms with van der Waals surface area (Å²) in [5.41, 5.74) is 4.83. The van der Waals surface area contributed by atoms with Crippen molar-refractivity contribution in [2.75, 3.05) is 5.32 Å². The van der Waals surface area contributed by atoms with Gasteiger partial charge in [0.05, 0.1) is 16.3 Å². The highest BCUT2D eigenvalue weighted by Crippen LogP contribution is 2.24. The van der Waals surface area contributed by atoms with Gasteiger partial charge in [-0.25, -0.2) is 8.78 Å². The van der Waals surface area contributed by atoms with Crippen molar-refractivity contribution in [1.82, 2.24) is 0 Å². The van der Waals surface area contributed by atoms with Crippen molar-refractivity contribution in [2.24, 2.45) is 5.73 Å². The van der Waals surface area contributed by atoms with Gasteiger partial charge in [0.1, 0.15) is 11.6 Å².